The molecule has 0 amide bonds. The van der Waals surface area contributed by atoms with Crippen LogP contribution in [0.2, 0.25) is 5.02 Å². The van der Waals surface area contributed by atoms with E-state index in [4.69, 9.17) is 21.4 Å². The zero-order chi connectivity index (χ0) is 22.5. The average molecular weight is 441 g/mol. The number of rotatable bonds is 8. The summed E-state index contributed by atoms with van der Waals surface area (Å²) in [6.07, 6.45) is -0.715. The average Bonchev–Trinajstić information content (AvgIpc) is 2.79. The largest absolute Gasteiger partial charge is 0.505 e. The van der Waals surface area contributed by atoms with Gasteiger partial charge in [-0.05, 0) is 41.0 Å². The number of carboxylic acid groups (broad SMARTS) is 1. The Morgan fingerprint density at radius 1 is 1.03 bits per heavy atom. The second-order valence-electron chi connectivity index (χ2n) is 6.91. The van der Waals surface area contributed by atoms with E-state index in [1.165, 1.54) is 18.2 Å². The zero-order valence-electron chi connectivity index (χ0n) is 16.7. The minimum absolute atomic E-state index is 0.0235. The van der Waals surface area contributed by atoms with Crippen LogP contribution in [-0.4, -0.2) is 27.1 Å². The van der Waals surface area contributed by atoms with E-state index >= 15 is 0 Å². The number of Topliss-reactive ketones (excluding diaryl/α,β-unsaturated/α-hetero) is 1. The first-order valence-electron chi connectivity index (χ1n) is 9.59. The summed E-state index contributed by atoms with van der Waals surface area (Å²) in [6, 6.07) is 16.1. The van der Waals surface area contributed by atoms with Crippen molar-refractivity contribution in [2.45, 2.75) is 26.1 Å². The van der Waals surface area contributed by atoms with E-state index in [9.17, 15) is 19.8 Å². The second-order valence-corrected chi connectivity index (χ2v) is 7.29. The Balaban J connectivity index is 1.70. The van der Waals surface area contributed by atoms with Crippen LogP contribution in [0.1, 0.15) is 56.9 Å². The van der Waals surface area contributed by atoms with Gasteiger partial charge in [0.15, 0.2) is 5.78 Å². The van der Waals surface area contributed by atoms with Crippen molar-refractivity contribution in [3.63, 3.8) is 0 Å². The van der Waals surface area contributed by atoms with Gasteiger partial charge in [0.25, 0.3) is 0 Å². The van der Waals surface area contributed by atoms with E-state index in [0.717, 1.165) is 5.56 Å². The van der Waals surface area contributed by atoms with Crippen molar-refractivity contribution in [1.29, 1.82) is 0 Å². The molecular formula is C24H21ClO6. The number of carbonyl (C=O) groups excluding carboxylic acids is 1. The second kappa shape index (κ2) is 9.64. The molecule has 1 unspecified atom stereocenters. The van der Waals surface area contributed by atoms with E-state index in [1.54, 1.807) is 49.4 Å². The van der Waals surface area contributed by atoms with Crippen molar-refractivity contribution < 1.29 is 29.6 Å². The summed E-state index contributed by atoms with van der Waals surface area (Å²) in [4.78, 5) is 22.9. The highest BCUT2D eigenvalue weighted by Gasteiger charge is 2.17. The Labute approximate surface area is 184 Å². The van der Waals surface area contributed by atoms with Crippen molar-refractivity contribution in [3.05, 3.63) is 93.5 Å². The first-order chi connectivity index (χ1) is 14.8. The third kappa shape index (κ3) is 5.05. The van der Waals surface area contributed by atoms with Gasteiger partial charge < -0.3 is 20.1 Å². The predicted octanol–water partition coefficient (Wildman–Crippen LogP) is 5.00. The lowest BCUT2D eigenvalue weighted by Crippen LogP contribution is -2.04. The number of aromatic carboxylic acids is 1. The quantitative estimate of drug-likeness (QED) is 0.426. The van der Waals surface area contributed by atoms with Gasteiger partial charge in [-0.15, -0.1) is 0 Å². The number of phenolic OH excluding ortho intramolecular Hbond substituents is 1. The molecule has 0 radical (unpaired) electrons. The van der Waals surface area contributed by atoms with Crippen molar-refractivity contribution in [2.24, 2.45) is 0 Å². The summed E-state index contributed by atoms with van der Waals surface area (Å²) in [5, 5.41) is 29.8. The SMILES string of the molecule is CCC(=O)c1ccc(OCc2ccc(C(O)c3cccc(C(=O)O)c3)cc2)c(Cl)c1O. The normalized spacial score (nSPS) is 11.7. The summed E-state index contributed by atoms with van der Waals surface area (Å²) in [5.41, 5.74) is 2.13. The maximum Gasteiger partial charge on any atom is 0.335 e. The molecule has 0 aliphatic heterocycles. The molecular weight excluding hydrogens is 420 g/mol. The Morgan fingerprint density at radius 3 is 2.39 bits per heavy atom. The summed E-state index contributed by atoms with van der Waals surface area (Å²) >= 11 is 6.13. The molecule has 3 aromatic rings. The molecule has 3 aromatic carbocycles. The molecule has 3 N–H and O–H groups in total. The number of hydrogen-bond acceptors (Lipinski definition) is 5. The molecule has 31 heavy (non-hydrogen) atoms. The number of carbonyl (C=O) groups is 2. The van der Waals surface area contributed by atoms with E-state index in [1.807, 2.05) is 0 Å². The summed E-state index contributed by atoms with van der Waals surface area (Å²) in [5.74, 6) is -1.32. The number of aliphatic hydroxyl groups is 1. The van der Waals surface area contributed by atoms with Crippen LogP contribution in [0.25, 0.3) is 0 Å². The summed E-state index contributed by atoms with van der Waals surface area (Å²) < 4.78 is 5.67. The minimum atomic E-state index is -1.06. The number of aliphatic hydroxyl groups excluding tert-OH is 1. The van der Waals surface area contributed by atoms with Gasteiger partial charge in [0, 0.05) is 6.42 Å². The van der Waals surface area contributed by atoms with Crippen molar-refractivity contribution in [2.75, 3.05) is 0 Å². The van der Waals surface area contributed by atoms with Crippen LogP contribution in [0.15, 0.2) is 60.7 Å². The number of ether oxygens (including phenoxy) is 1. The van der Waals surface area contributed by atoms with Crippen molar-refractivity contribution >= 4 is 23.4 Å². The monoisotopic (exact) mass is 440 g/mol. The van der Waals surface area contributed by atoms with Crippen LogP contribution in [0.4, 0.5) is 0 Å². The fourth-order valence-corrected chi connectivity index (χ4v) is 3.28. The smallest absolute Gasteiger partial charge is 0.335 e. The third-order valence-corrected chi connectivity index (χ3v) is 5.21. The number of halogens is 1. The lowest BCUT2D eigenvalue weighted by molar-refractivity contribution is 0.0696. The molecule has 7 heteroatoms. The predicted molar refractivity (Wildman–Crippen MR) is 116 cm³/mol. The number of aromatic hydroxyl groups is 1. The molecule has 0 heterocycles. The number of hydrogen-bond donors (Lipinski definition) is 3. The Bertz CT molecular complexity index is 1110. The Hall–Kier alpha value is -3.35. The van der Waals surface area contributed by atoms with E-state index in [-0.39, 0.29) is 46.5 Å². The molecule has 0 fully saturated rings. The van der Waals surface area contributed by atoms with Gasteiger partial charge in [-0.3, -0.25) is 4.79 Å². The Kier molecular flexibility index (Phi) is 6.95. The highest BCUT2D eigenvalue weighted by atomic mass is 35.5. The molecule has 6 nitrogen and oxygen atoms in total. The van der Waals surface area contributed by atoms with Gasteiger partial charge in [0.2, 0.25) is 0 Å². The first kappa shape index (κ1) is 22.3. The highest BCUT2D eigenvalue weighted by Crippen LogP contribution is 2.37. The topological polar surface area (TPSA) is 104 Å². The molecule has 1 atom stereocenters. The van der Waals surface area contributed by atoms with Crippen LogP contribution in [0.3, 0.4) is 0 Å². The van der Waals surface area contributed by atoms with E-state index in [2.05, 4.69) is 0 Å². The van der Waals surface area contributed by atoms with Gasteiger partial charge in [0.05, 0.1) is 11.1 Å². The highest BCUT2D eigenvalue weighted by molar-refractivity contribution is 6.34. The Morgan fingerprint density at radius 2 is 1.74 bits per heavy atom. The van der Waals surface area contributed by atoms with Crippen LogP contribution in [0, 0.1) is 0 Å². The van der Waals surface area contributed by atoms with E-state index in [0.29, 0.717) is 11.1 Å². The molecule has 0 saturated carbocycles. The van der Waals surface area contributed by atoms with Crippen molar-refractivity contribution in [1.82, 2.24) is 0 Å². The number of carboxylic acids is 1. The van der Waals surface area contributed by atoms with Gasteiger partial charge in [-0.25, -0.2) is 4.79 Å². The zero-order valence-corrected chi connectivity index (χ0v) is 17.5. The molecule has 0 saturated heterocycles. The number of ketones is 1. The molecule has 0 aromatic heterocycles. The first-order valence-corrected chi connectivity index (χ1v) is 9.97. The lowest BCUT2D eigenvalue weighted by Gasteiger charge is -2.14. The van der Waals surface area contributed by atoms with Gasteiger partial charge >= 0.3 is 5.97 Å². The van der Waals surface area contributed by atoms with Crippen LogP contribution in [0.5, 0.6) is 11.5 Å². The van der Waals surface area contributed by atoms with Crippen molar-refractivity contribution in [3.8, 4) is 11.5 Å². The van der Waals surface area contributed by atoms with Crippen LogP contribution >= 0.6 is 11.6 Å². The molecule has 0 aliphatic rings. The summed E-state index contributed by atoms with van der Waals surface area (Å²) in [6.45, 7) is 1.86. The van der Waals surface area contributed by atoms with Gasteiger partial charge in [0.1, 0.15) is 29.2 Å². The van der Waals surface area contributed by atoms with Gasteiger partial charge in [-0.1, -0.05) is 54.9 Å². The molecule has 0 bridgehead atoms. The lowest BCUT2D eigenvalue weighted by atomic mass is 9.99. The van der Waals surface area contributed by atoms with Crippen LogP contribution in [-0.2, 0) is 6.61 Å². The fourth-order valence-electron chi connectivity index (χ4n) is 3.06. The molecule has 0 spiro atoms. The molecule has 160 valence electrons. The minimum Gasteiger partial charge on any atom is -0.505 e. The number of phenols is 1. The summed E-state index contributed by atoms with van der Waals surface area (Å²) in [7, 11) is 0. The van der Waals surface area contributed by atoms with Crippen LogP contribution < -0.4 is 4.74 Å². The maximum atomic E-state index is 11.8. The maximum absolute atomic E-state index is 11.8. The molecule has 0 aliphatic carbocycles. The fraction of sp³-hybridized carbons (Fsp3) is 0.167. The molecule has 3 rings (SSSR count). The van der Waals surface area contributed by atoms with E-state index < -0.39 is 12.1 Å². The standard InChI is InChI=1S/C24H21ClO6/c1-2-19(26)18-10-11-20(21(25)23(18)28)31-13-14-6-8-15(9-7-14)22(27)16-4-3-5-17(12-16)24(29)30/h3-12,22,27-28H,2,13H2,1H3,(H,29,30). The number of benzene rings is 3. The van der Waals surface area contributed by atoms with Gasteiger partial charge in [-0.2, -0.15) is 0 Å². The third-order valence-electron chi connectivity index (χ3n) is 4.84.